The number of hydrogen-bond donors (Lipinski definition) is 5. The van der Waals surface area contributed by atoms with E-state index in [0.29, 0.717) is 0 Å². The van der Waals surface area contributed by atoms with Gasteiger partial charge in [-0.3, -0.25) is 9.55 Å². The lowest BCUT2D eigenvalue weighted by molar-refractivity contribution is -0.0511. The van der Waals surface area contributed by atoms with E-state index >= 15 is 0 Å². The standard InChI is InChI=1S/C10H13N5O5/c11-7-4-8(14-10(19)13-7)15(2-12-4)9-6(18)5(17)3(1-16)20-9/h2-3,5-6,9,16-18H,1H2,(H3,11,13,14,19)/t3-,5+,6?,9-/m1/s1. The molecule has 1 unspecified atom stereocenters. The molecular formula is C10H13N5O5. The maximum Gasteiger partial charge on any atom is 0.348 e. The third kappa shape index (κ3) is 1.78. The van der Waals surface area contributed by atoms with Crippen LogP contribution in [0, 0.1) is 0 Å². The van der Waals surface area contributed by atoms with Crippen molar-refractivity contribution in [2.24, 2.45) is 0 Å². The van der Waals surface area contributed by atoms with Gasteiger partial charge < -0.3 is 25.8 Å². The molecule has 0 amide bonds. The first kappa shape index (κ1) is 13.0. The summed E-state index contributed by atoms with van der Waals surface area (Å²) >= 11 is 0. The van der Waals surface area contributed by atoms with E-state index in [-0.39, 0.29) is 17.0 Å². The highest BCUT2D eigenvalue weighted by Gasteiger charge is 2.44. The van der Waals surface area contributed by atoms with E-state index in [1.54, 1.807) is 0 Å². The minimum absolute atomic E-state index is 0.0468. The van der Waals surface area contributed by atoms with E-state index in [9.17, 15) is 15.0 Å². The molecule has 1 saturated heterocycles. The van der Waals surface area contributed by atoms with E-state index in [2.05, 4.69) is 15.0 Å². The average Bonchev–Trinajstić information content (AvgIpc) is 2.93. The molecule has 0 aromatic carbocycles. The number of nitrogens with one attached hydrogen (secondary N) is 1. The number of H-pyrrole nitrogens is 1. The van der Waals surface area contributed by atoms with Gasteiger partial charge in [-0.25, -0.2) is 9.78 Å². The number of aliphatic hydroxyl groups is 3. The van der Waals surface area contributed by atoms with Gasteiger partial charge in [0, 0.05) is 0 Å². The van der Waals surface area contributed by atoms with E-state index in [0.717, 1.165) is 0 Å². The molecule has 4 atom stereocenters. The summed E-state index contributed by atoms with van der Waals surface area (Å²) < 4.78 is 6.64. The molecule has 0 bridgehead atoms. The van der Waals surface area contributed by atoms with Crippen LogP contribution in [-0.2, 0) is 4.74 Å². The second kappa shape index (κ2) is 4.52. The van der Waals surface area contributed by atoms with Gasteiger partial charge >= 0.3 is 5.69 Å². The number of aromatic nitrogens is 4. The Hall–Kier alpha value is -2.01. The molecule has 108 valence electrons. The smallest absolute Gasteiger partial charge is 0.348 e. The highest BCUT2D eigenvalue weighted by Crippen LogP contribution is 2.31. The minimum atomic E-state index is -1.29. The largest absolute Gasteiger partial charge is 0.394 e. The molecule has 10 nitrogen and oxygen atoms in total. The fourth-order valence-corrected chi connectivity index (χ4v) is 2.25. The number of hydrogen-bond acceptors (Lipinski definition) is 8. The maximum atomic E-state index is 11.4. The minimum Gasteiger partial charge on any atom is -0.394 e. The first-order valence-electron chi connectivity index (χ1n) is 5.87. The molecule has 0 saturated carbocycles. The van der Waals surface area contributed by atoms with Crippen molar-refractivity contribution in [3.8, 4) is 0 Å². The van der Waals surface area contributed by atoms with Gasteiger partial charge in [-0.05, 0) is 0 Å². The van der Waals surface area contributed by atoms with E-state index in [1.165, 1.54) is 10.9 Å². The zero-order chi connectivity index (χ0) is 14.4. The van der Waals surface area contributed by atoms with Crippen molar-refractivity contribution in [2.75, 3.05) is 12.3 Å². The Morgan fingerprint density at radius 3 is 2.85 bits per heavy atom. The summed E-state index contributed by atoms with van der Waals surface area (Å²) in [5, 5.41) is 28.7. The number of nitrogens with two attached hydrogens (primary N) is 1. The van der Waals surface area contributed by atoms with Crippen LogP contribution in [0.5, 0.6) is 0 Å². The summed E-state index contributed by atoms with van der Waals surface area (Å²) in [4.78, 5) is 21.4. The van der Waals surface area contributed by atoms with E-state index in [4.69, 9.17) is 15.6 Å². The Morgan fingerprint density at radius 1 is 1.45 bits per heavy atom. The lowest BCUT2D eigenvalue weighted by Gasteiger charge is -2.16. The Kier molecular flexibility index (Phi) is 2.94. The molecule has 2 aromatic heterocycles. The molecule has 1 aliphatic heterocycles. The number of anilines is 1. The van der Waals surface area contributed by atoms with Crippen molar-refractivity contribution in [2.45, 2.75) is 24.5 Å². The molecule has 0 radical (unpaired) electrons. The second-order valence-corrected chi connectivity index (χ2v) is 4.51. The van der Waals surface area contributed by atoms with Crippen molar-refractivity contribution in [1.29, 1.82) is 0 Å². The number of aliphatic hydroxyl groups excluding tert-OH is 3. The van der Waals surface area contributed by atoms with Crippen molar-refractivity contribution < 1.29 is 20.1 Å². The first-order chi connectivity index (χ1) is 9.52. The number of fused-ring (bicyclic) bond motifs is 1. The van der Waals surface area contributed by atoms with Crippen LogP contribution >= 0.6 is 0 Å². The third-order valence-electron chi connectivity index (χ3n) is 3.26. The lowest BCUT2D eigenvalue weighted by atomic mass is 10.1. The molecular weight excluding hydrogens is 270 g/mol. The number of rotatable bonds is 2. The van der Waals surface area contributed by atoms with E-state index in [1.807, 2.05) is 0 Å². The fraction of sp³-hybridized carbons (Fsp3) is 0.500. The summed E-state index contributed by atoms with van der Waals surface area (Å²) in [6.07, 6.45) is -3.18. The summed E-state index contributed by atoms with van der Waals surface area (Å²) in [6.45, 7) is -0.447. The van der Waals surface area contributed by atoms with E-state index < -0.39 is 36.8 Å². The molecule has 1 fully saturated rings. The zero-order valence-corrected chi connectivity index (χ0v) is 10.2. The predicted octanol–water partition coefficient (Wildman–Crippen LogP) is -2.69. The van der Waals surface area contributed by atoms with Gasteiger partial charge in [0.1, 0.15) is 29.6 Å². The highest BCUT2D eigenvalue weighted by atomic mass is 16.6. The topological polar surface area (TPSA) is 160 Å². The van der Waals surface area contributed by atoms with Crippen LogP contribution in [0.25, 0.3) is 11.2 Å². The van der Waals surface area contributed by atoms with Crippen LogP contribution in [0.2, 0.25) is 0 Å². The summed E-state index contributed by atoms with van der Waals surface area (Å²) in [5.41, 5.74) is 5.34. The normalized spacial score (nSPS) is 30.1. The molecule has 3 heterocycles. The van der Waals surface area contributed by atoms with Gasteiger partial charge in [-0.1, -0.05) is 0 Å². The molecule has 3 rings (SSSR count). The number of imidazole rings is 1. The van der Waals surface area contributed by atoms with Gasteiger partial charge in [-0.15, -0.1) is 0 Å². The van der Waals surface area contributed by atoms with Crippen molar-refractivity contribution in [3.63, 3.8) is 0 Å². The van der Waals surface area contributed by atoms with Gasteiger partial charge in [-0.2, -0.15) is 4.98 Å². The van der Waals surface area contributed by atoms with Gasteiger partial charge in [0.15, 0.2) is 11.9 Å². The molecule has 20 heavy (non-hydrogen) atoms. The SMILES string of the molecule is Nc1[nH]c(=O)nc2c1ncn2[C@@H]1O[C@H](CO)[C@H](O)C1O. The lowest BCUT2D eigenvalue weighted by Crippen LogP contribution is -2.33. The van der Waals surface area contributed by atoms with Gasteiger partial charge in [0.05, 0.1) is 12.9 Å². The predicted molar refractivity (Wildman–Crippen MR) is 65.6 cm³/mol. The zero-order valence-electron chi connectivity index (χ0n) is 10.2. The van der Waals surface area contributed by atoms with Crippen molar-refractivity contribution in [3.05, 3.63) is 16.8 Å². The average molecular weight is 283 g/mol. The molecule has 0 aliphatic carbocycles. The molecule has 2 aromatic rings. The first-order valence-corrected chi connectivity index (χ1v) is 5.87. The summed E-state index contributed by atoms with van der Waals surface area (Å²) in [7, 11) is 0. The summed E-state index contributed by atoms with van der Waals surface area (Å²) in [5.74, 6) is 0.0468. The molecule has 10 heteroatoms. The van der Waals surface area contributed by atoms with Gasteiger partial charge in [0.2, 0.25) is 0 Å². The van der Waals surface area contributed by atoms with Gasteiger partial charge in [0.25, 0.3) is 0 Å². The monoisotopic (exact) mass is 283 g/mol. The fourth-order valence-electron chi connectivity index (χ4n) is 2.25. The third-order valence-corrected chi connectivity index (χ3v) is 3.26. The van der Waals surface area contributed by atoms with Crippen LogP contribution in [-0.4, -0.2) is 59.8 Å². The number of nitrogens with zero attached hydrogens (tertiary/aromatic N) is 3. The maximum absolute atomic E-state index is 11.4. The van der Waals surface area contributed by atoms with Crippen LogP contribution in [0.4, 0.5) is 5.82 Å². The molecule has 1 aliphatic rings. The quantitative estimate of drug-likeness (QED) is 0.398. The Morgan fingerprint density at radius 2 is 2.20 bits per heavy atom. The van der Waals surface area contributed by atoms with Crippen LogP contribution < -0.4 is 11.4 Å². The number of nitrogen functional groups attached to an aromatic ring is 1. The van der Waals surface area contributed by atoms with Crippen molar-refractivity contribution >= 4 is 17.0 Å². The number of ether oxygens (including phenoxy) is 1. The molecule has 6 N–H and O–H groups in total. The van der Waals surface area contributed by atoms with Crippen LogP contribution in [0.3, 0.4) is 0 Å². The number of aromatic amines is 1. The van der Waals surface area contributed by atoms with Crippen LogP contribution in [0.15, 0.2) is 11.1 Å². The Balaban J connectivity index is 2.09. The van der Waals surface area contributed by atoms with Crippen LogP contribution in [0.1, 0.15) is 6.23 Å². The molecule has 0 spiro atoms. The highest BCUT2D eigenvalue weighted by molar-refractivity contribution is 5.81. The summed E-state index contributed by atoms with van der Waals surface area (Å²) in [6, 6.07) is 0. The van der Waals surface area contributed by atoms with Crippen molar-refractivity contribution in [1.82, 2.24) is 19.5 Å². The Labute approximate surface area is 111 Å². The second-order valence-electron chi connectivity index (χ2n) is 4.51. The Bertz CT molecular complexity index is 697.